The SMILES string of the molecule is Cc1cc(CN(C)Cc2cn(C)c3cc(F)ccc23)n[nH]1. The monoisotopic (exact) mass is 286 g/mol. The number of aromatic amines is 1. The molecule has 1 aromatic carbocycles. The molecular weight excluding hydrogens is 267 g/mol. The van der Waals surface area contributed by atoms with Crippen LogP contribution in [0.25, 0.3) is 10.9 Å². The van der Waals surface area contributed by atoms with Gasteiger partial charge in [0.2, 0.25) is 0 Å². The van der Waals surface area contributed by atoms with Crippen LogP contribution in [0.2, 0.25) is 0 Å². The average molecular weight is 286 g/mol. The maximum atomic E-state index is 13.3. The number of rotatable bonds is 4. The molecular formula is C16H19FN4. The van der Waals surface area contributed by atoms with E-state index < -0.39 is 0 Å². The largest absolute Gasteiger partial charge is 0.350 e. The number of halogens is 1. The van der Waals surface area contributed by atoms with Gasteiger partial charge in [-0.05, 0) is 43.8 Å². The van der Waals surface area contributed by atoms with Gasteiger partial charge in [-0.2, -0.15) is 5.10 Å². The van der Waals surface area contributed by atoms with Crippen molar-refractivity contribution in [2.45, 2.75) is 20.0 Å². The molecule has 4 nitrogen and oxygen atoms in total. The predicted octanol–water partition coefficient (Wildman–Crippen LogP) is 2.98. The second-order valence-electron chi connectivity index (χ2n) is 5.64. The number of nitrogens with zero attached hydrogens (tertiary/aromatic N) is 3. The van der Waals surface area contributed by atoms with Crippen molar-refractivity contribution < 1.29 is 4.39 Å². The zero-order valence-electron chi connectivity index (χ0n) is 12.5. The molecule has 0 radical (unpaired) electrons. The molecule has 0 amide bonds. The fourth-order valence-electron chi connectivity index (χ4n) is 2.75. The van der Waals surface area contributed by atoms with E-state index in [9.17, 15) is 4.39 Å². The van der Waals surface area contributed by atoms with Crippen molar-refractivity contribution in [3.05, 3.63) is 53.2 Å². The molecule has 0 aliphatic carbocycles. The van der Waals surface area contributed by atoms with Gasteiger partial charge in [-0.3, -0.25) is 10.00 Å². The minimum Gasteiger partial charge on any atom is -0.350 e. The lowest BCUT2D eigenvalue weighted by Gasteiger charge is -2.14. The molecule has 21 heavy (non-hydrogen) atoms. The van der Waals surface area contributed by atoms with Crippen molar-refractivity contribution in [1.82, 2.24) is 19.7 Å². The highest BCUT2D eigenvalue weighted by Crippen LogP contribution is 2.23. The highest BCUT2D eigenvalue weighted by atomic mass is 19.1. The Kier molecular flexibility index (Phi) is 3.51. The molecule has 0 aliphatic rings. The maximum absolute atomic E-state index is 13.3. The average Bonchev–Trinajstić information content (AvgIpc) is 2.94. The Balaban J connectivity index is 1.81. The second-order valence-corrected chi connectivity index (χ2v) is 5.64. The molecule has 2 aromatic heterocycles. The zero-order chi connectivity index (χ0) is 15.0. The van der Waals surface area contributed by atoms with E-state index in [0.29, 0.717) is 0 Å². The summed E-state index contributed by atoms with van der Waals surface area (Å²) in [6, 6.07) is 7.00. The second kappa shape index (κ2) is 5.33. The van der Waals surface area contributed by atoms with E-state index in [-0.39, 0.29) is 5.82 Å². The molecule has 0 unspecified atom stereocenters. The topological polar surface area (TPSA) is 36.9 Å². The normalized spacial score (nSPS) is 11.7. The fourth-order valence-corrected chi connectivity index (χ4v) is 2.75. The Morgan fingerprint density at radius 3 is 2.81 bits per heavy atom. The minimum absolute atomic E-state index is 0.199. The van der Waals surface area contributed by atoms with Gasteiger partial charge in [0.1, 0.15) is 5.82 Å². The number of aromatic nitrogens is 3. The lowest BCUT2D eigenvalue weighted by molar-refractivity contribution is 0.316. The van der Waals surface area contributed by atoms with Crippen LogP contribution in [0.1, 0.15) is 17.0 Å². The summed E-state index contributed by atoms with van der Waals surface area (Å²) in [5.74, 6) is -0.199. The summed E-state index contributed by atoms with van der Waals surface area (Å²) >= 11 is 0. The summed E-state index contributed by atoms with van der Waals surface area (Å²) in [5, 5.41) is 8.31. The minimum atomic E-state index is -0.199. The van der Waals surface area contributed by atoms with Crippen molar-refractivity contribution >= 4 is 10.9 Å². The van der Waals surface area contributed by atoms with E-state index in [2.05, 4.69) is 34.4 Å². The van der Waals surface area contributed by atoms with Crippen molar-refractivity contribution in [3.8, 4) is 0 Å². The molecule has 0 spiro atoms. The molecule has 5 heteroatoms. The number of benzene rings is 1. The van der Waals surface area contributed by atoms with E-state index in [1.165, 1.54) is 11.6 Å². The summed E-state index contributed by atoms with van der Waals surface area (Å²) in [4.78, 5) is 2.20. The lowest BCUT2D eigenvalue weighted by atomic mass is 10.1. The molecule has 110 valence electrons. The summed E-state index contributed by atoms with van der Waals surface area (Å²) in [7, 11) is 4.01. The Labute approximate surface area is 123 Å². The van der Waals surface area contributed by atoms with Crippen LogP contribution in [0.5, 0.6) is 0 Å². The first-order valence-electron chi connectivity index (χ1n) is 6.96. The standard InChI is InChI=1S/C16H19FN4/c1-11-6-14(19-18-11)10-20(2)8-12-9-21(3)16-7-13(17)4-5-15(12)16/h4-7,9H,8,10H2,1-3H3,(H,18,19). The lowest BCUT2D eigenvalue weighted by Crippen LogP contribution is -2.17. The fraction of sp³-hybridized carbons (Fsp3) is 0.312. The third-order valence-corrected chi connectivity index (χ3v) is 3.67. The Hall–Kier alpha value is -2.14. The van der Waals surface area contributed by atoms with Gasteiger partial charge in [0.05, 0.1) is 11.2 Å². The highest BCUT2D eigenvalue weighted by molar-refractivity contribution is 5.83. The number of hydrogen-bond donors (Lipinski definition) is 1. The first-order valence-corrected chi connectivity index (χ1v) is 6.96. The summed E-state index contributed by atoms with van der Waals surface area (Å²) in [5.41, 5.74) is 4.22. The first-order chi connectivity index (χ1) is 10.0. The van der Waals surface area contributed by atoms with E-state index in [0.717, 1.165) is 35.4 Å². The molecule has 0 bridgehead atoms. The summed E-state index contributed by atoms with van der Waals surface area (Å²) in [6.07, 6.45) is 2.07. The van der Waals surface area contributed by atoms with Gasteiger partial charge >= 0.3 is 0 Å². The third kappa shape index (κ3) is 2.83. The quantitative estimate of drug-likeness (QED) is 0.800. The predicted molar refractivity (Wildman–Crippen MR) is 81.4 cm³/mol. The number of aryl methyl sites for hydroxylation is 2. The Morgan fingerprint density at radius 2 is 2.10 bits per heavy atom. The molecule has 0 saturated carbocycles. The number of H-pyrrole nitrogens is 1. The van der Waals surface area contributed by atoms with Crippen LogP contribution in [0.3, 0.4) is 0 Å². The van der Waals surface area contributed by atoms with Crippen LogP contribution < -0.4 is 0 Å². The van der Waals surface area contributed by atoms with Crippen molar-refractivity contribution in [2.24, 2.45) is 7.05 Å². The van der Waals surface area contributed by atoms with Crippen LogP contribution in [0.4, 0.5) is 4.39 Å². The van der Waals surface area contributed by atoms with Gasteiger partial charge in [-0.25, -0.2) is 4.39 Å². The van der Waals surface area contributed by atoms with Gasteiger partial charge in [0.15, 0.2) is 0 Å². The van der Waals surface area contributed by atoms with Crippen LogP contribution in [-0.2, 0) is 20.1 Å². The van der Waals surface area contributed by atoms with Crippen molar-refractivity contribution in [3.63, 3.8) is 0 Å². The number of nitrogens with one attached hydrogen (secondary N) is 1. The molecule has 3 rings (SSSR count). The molecule has 0 atom stereocenters. The molecule has 2 heterocycles. The smallest absolute Gasteiger partial charge is 0.125 e. The van der Waals surface area contributed by atoms with E-state index in [1.807, 2.05) is 24.6 Å². The summed E-state index contributed by atoms with van der Waals surface area (Å²) < 4.78 is 15.3. The van der Waals surface area contributed by atoms with E-state index >= 15 is 0 Å². The first kappa shape index (κ1) is 13.8. The number of fused-ring (bicyclic) bond motifs is 1. The summed E-state index contributed by atoms with van der Waals surface area (Å²) in [6.45, 7) is 3.58. The van der Waals surface area contributed by atoms with Crippen LogP contribution >= 0.6 is 0 Å². The molecule has 1 N–H and O–H groups in total. The molecule has 0 saturated heterocycles. The molecule has 0 fully saturated rings. The molecule has 0 aliphatic heterocycles. The van der Waals surface area contributed by atoms with Crippen molar-refractivity contribution in [2.75, 3.05) is 7.05 Å². The van der Waals surface area contributed by atoms with Crippen LogP contribution in [0.15, 0.2) is 30.5 Å². The van der Waals surface area contributed by atoms with E-state index in [1.54, 1.807) is 6.07 Å². The van der Waals surface area contributed by atoms with Gasteiger partial charge < -0.3 is 4.57 Å². The Morgan fingerprint density at radius 1 is 1.29 bits per heavy atom. The van der Waals surface area contributed by atoms with Crippen LogP contribution in [0, 0.1) is 12.7 Å². The zero-order valence-corrected chi connectivity index (χ0v) is 12.5. The maximum Gasteiger partial charge on any atom is 0.125 e. The Bertz CT molecular complexity index is 772. The van der Waals surface area contributed by atoms with Gasteiger partial charge in [-0.1, -0.05) is 0 Å². The third-order valence-electron chi connectivity index (χ3n) is 3.67. The molecule has 3 aromatic rings. The van der Waals surface area contributed by atoms with E-state index in [4.69, 9.17) is 0 Å². The number of hydrogen-bond acceptors (Lipinski definition) is 2. The van der Waals surface area contributed by atoms with Crippen molar-refractivity contribution in [1.29, 1.82) is 0 Å². The highest BCUT2D eigenvalue weighted by Gasteiger charge is 2.11. The van der Waals surface area contributed by atoms with Gasteiger partial charge in [0, 0.05) is 37.4 Å². The van der Waals surface area contributed by atoms with Crippen LogP contribution in [-0.4, -0.2) is 26.7 Å². The van der Waals surface area contributed by atoms with Gasteiger partial charge in [0.25, 0.3) is 0 Å². The van der Waals surface area contributed by atoms with Gasteiger partial charge in [-0.15, -0.1) is 0 Å².